The number of nitrogens with zero attached hydrogens (tertiary/aromatic N) is 4. The van der Waals surface area contributed by atoms with Crippen LogP contribution in [0.3, 0.4) is 0 Å². The Hall–Kier alpha value is -3.40. The van der Waals surface area contributed by atoms with Gasteiger partial charge in [0.15, 0.2) is 6.04 Å². The van der Waals surface area contributed by atoms with Crippen LogP contribution in [0.25, 0.3) is 6.08 Å². The zero-order valence-electron chi connectivity index (χ0n) is 20.9. The van der Waals surface area contributed by atoms with E-state index in [1.807, 2.05) is 43.3 Å². The predicted molar refractivity (Wildman–Crippen MR) is 135 cm³/mol. The van der Waals surface area contributed by atoms with Gasteiger partial charge in [0, 0.05) is 52.0 Å². The number of aliphatic carboxylic acids is 1. The first kappa shape index (κ1) is 25.7. The second-order valence-corrected chi connectivity index (χ2v) is 9.94. The quantitative estimate of drug-likeness (QED) is 0.450. The zero-order valence-corrected chi connectivity index (χ0v) is 20.9. The maximum atomic E-state index is 13.0. The molecule has 0 bridgehead atoms. The van der Waals surface area contributed by atoms with Gasteiger partial charge in [-0.2, -0.15) is 0 Å². The molecule has 3 heterocycles. The number of β-lactam (4-membered cyclic amide) rings is 1. The highest BCUT2D eigenvalue weighted by molar-refractivity contribution is 6.07. The maximum absolute atomic E-state index is 13.0. The van der Waals surface area contributed by atoms with Crippen molar-refractivity contribution in [3.63, 3.8) is 0 Å². The molecule has 4 rings (SSSR count). The lowest BCUT2D eigenvalue weighted by Gasteiger charge is -2.47. The number of carbonyl (C=O) groups is 4. The smallest absolute Gasteiger partial charge is 0.327 e. The van der Waals surface area contributed by atoms with Crippen molar-refractivity contribution in [3.8, 4) is 0 Å². The molecule has 0 spiro atoms. The first-order chi connectivity index (χ1) is 17.3. The zero-order chi connectivity index (χ0) is 25.8. The molecule has 194 valence electrons. The van der Waals surface area contributed by atoms with E-state index in [4.69, 9.17) is 0 Å². The summed E-state index contributed by atoms with van der Waals surface area (Å²) >= 11 is 0. The molecule has 4 amide bonds. The minimum Gasteiger partial charge on any atom is -0.480 e. The first-order valence-electron chi connectivity index (χ1n) is 12.6. The fourth-order valence-corrected chi connectivity index (χ4v) is 5.18. The van der Waals surface area contributed by atoms with Crippen molar-refractivity contribution >= 4 is 35.6 Å². The molecule has 3 saturated heterocycles. The highest BCUT2D eigenvalue weighted by Gasteiger charge is 2.56. The Morgan fingerprint density at radius 2 is 1.64 bits per heavy atom. The average Bonchev–Trinajstić information content (AvgIpc) is 2.89. The average molecular weight is 498 g/mol. The standard InChI is InChI=1S/C26H35N5O5/c1-28(2)20-6-3-18(4-7-20)5-8-22(32)29-13-15-30(16-14-29)26(36)31-23(25(34)35)21(24(31)33)17-19-9-11-27-12-10-19/h3-8,19,21,23,27H,9-17H2,1-2H3,(H,34,35)/b8-5+/t21-,23+/m1/s1. The van der Waals surface area contributed by atoms with E-state index in [0.29, 0.717) is 25.4 Å². The van der Waals surface area contributed by atoms with Crippen molar-refractivity contribution in [2.24, 2.45) is 11.8 Å². The number of piperidine rings is 1. The van der Waals surface area contributed by atoms with E-state index in [0.717, 1.165) is 42.1 Å². The Morgan fingerprint density at radius 3 is 2.22 bits per heavy atom. The van der Waals surface area contributed by atoms with Crippen molar-refractivity contribution in [3.05, 3.63) is 35.9 Å². The Bertz CT molecular complexity index is 1010. The Kier molecular flexibility index (Phi) is 7.93. The van der Waals surface area contributed by atoms with Gasteiger partial charge in [-0.1, -0.05) is 12.1 Å². The van der Waals surface area contributed by atoms with Gasteiger partial charge in [0.1, 0.15) is 0 Å². The third-order valence-electron chi connectivity index (χ3n) is 7.41. The van der Waals surface area contributed by atoms with Crippen LogP contribution in [0.15, 0.2) is 30.3 Å². The summed E-state index contributed by atoms with van der Waals surface area (Å²) in [5, 5.41) is 13.0. The van der Waals surface area contributed by atoms with Crippen LogP contribution in [0.2, 0.25) is 0 Å². The van der Waals surface area contributed by atoms with E-state index in [-0.39, 0.29) is 19.0 Å². The number of benzene rings is 1. The molecule has 3 fully saturated rings. The summed E-state index contributed by atoms with van der Waals surface area (Å²) in [6, 6.07) is 6.16. The summed E-state index contributed by atoms with van der Waals surface area (Å²) in [5.74, 6) is -2.03. The van der Waals surface area contributed by atoms with Gasteiger partial charge in [0.05, 0.1) is 5.92 Å². The minimum absolute atomic E-state index is 0.149. The van der Waals surface area contributed by atoms with E-state index in [2.05, 4.69) is 5.32 Å². The lowest BCUT2D eigenvalue weighted by atomic mass is 9.78. The molecule has 10 heteroatoms. The lowest BCUT2D eigenvalue weighted by Crippen LogP contribution is -2.69. The van der Waals surface area contributed by atoms with E-state index < -0.39 is 29.9 Å². The van der Waals surface area contributed by atoms with Gasteiger partial charge in [0.25, 0.3) is 0 Å². The summed E-state index contributed by atoms with van der Waals surface area (Å²) in [7, 11) is 3.93. The topological polar surface area (TPSA) is 114 Å². The number of hydrogen-bond acceptors (Lipinski definition) is 6. The van der Waals surface area contributed by atoms with Crippen LogP contribution in [0.4, 0.5) is 10.5 Å². The molecule has 1 aromatic rings. The number of likely N-dealkylation sites (tertiary alicyclic amines) is 1. The van der Waals surface area contributed by atoms with Gasteiger partial charge in [-0.25, -0.2) is 14.5 Å². The normalized spacial score (nSPS) is 23.1. The summed E-state index contributed by atoms with van der Waals surface area (Å²) < 4.78 is 0. The van der Waals surface area contributed by atoms with Crippen molar-refractivity contribution in [1.29, 1.82) is 0 Å². The highest BCUT2D eigenvalue weighted by Crippen LogP contribution is 2.35. The monoisotopic (exact) mass is 497 g/mol. The van der Waals surface area contributed by atoms with E-state index in [9.17, 15) is 24.3 Å². The second-order valence-electron chi connectivity index (χ2n) is 9.94. The van der Waals surface area contributed by atoms with Gasteiger partial charge in [-0.3, -0.25) is 9.59 Å². The SMILES string of the molecule is CN(C)c1ccc(/C=C/C(=O)N2CCN(C(=O)N3C(=O)[C@H](CC4CCNCC4)[C@H]3C(=O)O)CC2)cc1. The first-order valence-corrected chi connectivity index (χ1v) is 12.6. The largest absolute Gasteiger partial charge is 0.480 e. The third kappa shape index (κ3) is 5.53. The number of hydrogen-bond donors (Lipinski definition) is 2. The predicted octanol–water partition coefficient (Wildman–Crippen LogP) is 1.33. The van der Waals surface area contributed by atoms with Crippen LogP contribution >= 0.6 is 0 Å². The molecule has 1 aromatic carbocycles. The number of urea groups is 1. The van der Waals surface area contributed by atoms with E-state index >= 15 is 0 Å². The molecule has 2 atom stereocenters. The fraction of sp³-hybridized carbons (Fsp3) is 0.538. The van der Waals surface area contributed by atoms with Crippen LogP contribution in [0.1, 0.15) is 24.8 Å². The molecule has 0 saturated carbocycles. The summed E-state index contributed by atoms with van der Waals surface area (Å²) in [6.45, 7) is 2.90. The molecule has 0 radical (unpaired) electrons. The van der Waals surface area contributed by atoms with Crippen LogP contribution in [-0.4, -0.2) is 103 Å². The van der Waals surface area contributed by atoms with Crippen molar-refractivity contribution in [1.82, 2.24) is 20.0 Å². The number of carbonyl (C=O) groups excluding carboxylic acids is 3. The molecule has 0 aliphatic carbocycles. The minimum atomic E-state index is -1.14. The number of piperazine rings is 1. The number of amides is 4. The molecular formula is C26H35N5O5. The Morgan fingerprint density at radius 1 is 1.03 bits per heavy atom. The third-order valence-corrected chi connectivity index (χ3v) is 7.41. The molecule has 10 nitrogen and oxygen atoms in total. The number of nitrogens with one attached hydrogen (secondary N) is 1. The molecule has 0 unspecified atom stereocenters. The van der Waals surface area contributed by atoms with Gasteiger partial charge in [-0.15, -0.1) is 0 Å². The summed E-state index contributed by atoms with van der Waals surface area (Å²) in [5.41, 5.74) is 1.99. The van der Waals surface area contributed by atoms with Crippen LogP contribution < -0.4 is 10.2 Å². The summed E-state index contributed by atoms with van der Waals surface area (Å²) in [6.07, 6.45) is 5.62. The number of rotatable bonds is 6. The molecular weight excluding hydrogens is 462 g/mol. The fourth-order valence-electron chi connectivity index (χ4n) is 5.18. The Balaban J connectivity index is 1.29. The van der Waals surface area contributed by atoms with Gasteiger partial charge >= 0.3 is 12.0 Å². The maximum Gasteiger partial charge on any atom is 0.327 e. The molecule has 36 heavy (non-hydrogen) atoms. The second kappa shape index (κ2) is 11.1. The van der Waals surface area contributed by atoms with Crippen LogP contribution in [-0.2, 0) is 14.4 Å². The molecule has 3 aliphatic heterocycles. The molecule has 2 N–H and O–H groups in total. The summed E-state index contributed by atoms with van der Waals surface area (Å²) in [4.78, 5) is 56.4. The highest BCUT2D eigenvalue weighted by atomic mass is 16.4. The Labute approximate surface area is 211 Å². The van der Waals surface area contributed by atoms with Crippen molar-refractivity contribution in [2.45, 2.75) is 25.3 Å². The van der Waals surface area contributed by atoms with Gasteiger partial charge in [0.2, 0.25) is 11.8 Å². The molecule has 0 aromatic heterocycles. The van der Waals surface area contributed by atoms with E-state index in [1.165, 1.54) is 11.0 Å². The number of imide groups is 1. The number of anilines is 1. The van der Waals surface area contributed by atoms with Crippen molar-refractivity contribution in [2.75, 3.05) is 58.3 Å². The van der Waals surface area contributed by atoms with Crippen LogP contribution in [0, 0.1) is 11.8 Å². The van der Waals surface area contributed by atoms with Crippen LogP contribution in [0.5, 0.6) is 0 Å². The van der Waals surface area contributed by atoms with E-state index in [1.54, 1.807) is 11.0 Å². The van der Waals surface area contributed by atoms with Crippen molar-refractivity contribution < 1.29 is 24.3 Å². The van der Waals surface area contributed by atoms with Gasteiger partial charge < -0.3 is 25.1 Å². The van der Waals surface area contributed by atoms with Gasteiger partial charge in [-0.05, 0) is 62.0 Å². The lowest BCUT2D eigenvalue weighted by molar-refractivity contribution is -0.167. The number of carboxylic acid groups (broad SMARTS) is 1. The number of carboxylic acids is 1. The molecule has 3 aliphatic rings.